The normalized spacial score (nSPS) is 13.3. The summed E-state index contributed by atoms with van der Waals surface area (Å²) < 4.78 is -3.45. The standard InChI is InChI=1S/C20H20IOP/c1-16-8-12-19(13-9-16)23(21,22,18-6-4-3-5-7-18)20-14-10-17(2)11-15-20/h3-15,22H,1-2H3. The molecule has 0 atom stereocenters. The molecule has 23 heavy (non-hydrogen) atoms. The molecule has 0 amide bonds. The van der Waals surface area contributed by atoms with Gasteiger partial charge in [-0.3, -0.25) is 0 Å². The van der Waals surface area contributed by atoms with Gasteiger partial charge in [-0.15, -0.1) is 0 Å². The van der Waals surface area contributed by atoms with Crippen molar-refractivity contribution in [2.24, 2.45) is 0 Å². The Hall–Kier alpha value is -1.22. The summed E-state index contributed by atoms with van der Waals surface area (Å²) in [4.78, 5) is 12.2. The average molecular weight is 434 g/mol. The van der Waals surface area contributed by atoms with Crippen LogP contribution in [0.3, 0.4) is 0 Å². The number of benzene rings is 3. The van der Waals surface area contributed by atoms with Crippen LogP contribution in [0, 0.1) is 13.8 Å². The van der Waals surface area contributed by atoms with Gasteiger partial charge < -0.3 is 0 Å². The van der Waals surface area contributed by atoms with Crippen molar-refractivity contribution < 1.29 is 4.89 Å². The van der Waals surface area contributed by atoms with Crippen molar-refractivity contribution in [2.45, 2.75) is 13.8 Å². The van der Waals surface area contributed by atoms with Gasteiger partial charge in [-0.2, -0.15) is 0 Å². The van der Waals surface area contributed by atoms with Crippen LogP contribution in [0.1, 0.15) is 11.1 Å². The Morgan fingerprint density at radius 1 is 0.609 bits per heavy atom. The molecule has 3 rings (SSSR count). The molecule has 0 aromatic heterocycles. The van der Waals surface area contributed by atoms with E-state index in [2.05, 4.69) is 84.4 Å². The monoisotopic (exact) mass is 434 g/mol. The molecule has 3 heteroatoms. The zero-order chi connectivity index (χ0) is 16.5. The quantitative estimate of drug-likeness (QED) is 0.479. The van der Waals surface area contributed by atoms with Gasteiger partial charge in [0.1, 0.15) is 0 Å². The van der Waals surface area contributed by atoms with Gasteiger partial charge in [0.05, 0.1) is 0 Å². The van der Waals surface area contributed by atoms with E-state index in [1.165, 1.54) is 11.1 Å². The summed E-state index contributed by atoms with van der Waals surface area (Å²) in [7, 11) is 0. The Bertz CT molecular complexity index is 759. The molecular weight excluding hydrogens is 414 g/mol. The zero-order valence-electron chi connectivity index (χ0n) is 13.3. The molecule has 1 nitrogen and oxygen atoms in total. The Kier molecular flexibility index (Phi) is 4.35. The van der Waals surface area contributed by atoms with E-state index in [0.29, 0.717) is 0 Å². The van der Waals surface area contributed by atoms with Crippen LogP contribution in [-0.2, 0) is 0 Å². The molecule has 0 aliphatic carbocycles. The molecule has 1 N–H and O–H groups in total. The average Bonchev–Trinajstić information content (AvgIpc) is 2.57. The first kappa shape index (κ1) is 16.6. The molecule has 0 spiro atoms. The number of hydrogen-bond donors (Lipinski definition) is 1. The maximum absolute atomic E-state index is 12.2. The molecule has 0 unspecified atom stereocenters. The van der Waals surface area contributed by atoms with E-state index in [9.17, 15) is 4.89 Å². The summed E-state index contributed by atoms with van der Waals surface area (Å²) in [5, 5.41) is 2.95. The molecule has 0 bridgehead atoms. The van der Waals surface area contributed by atoms with Crippen molar-refractivity contribution in [3.05, 3.63) is 90.0 Å². The number of halogens is 1. The van der Waals surface area contributed by atoms with Gasteiger partial charge >= 0.3 is 151 Å². The minimum atomic E-state index is -3.45. The first-order valence-electron chi connectivity index (χ1n) is 7.59. The van der Waals surface area contributed by atoms with Crippen molar-refractivity contribution in [3.63, 3.8) is 0 Å². The summed E-state index contributed by atoms with van der Waals surface area (Å²) in [5.41, 5.74) is 2.39. The fourth-order valence-corrected chi connectivity index (χ4v) is 8.67. The molecule has 0 aliphatic rings. The fraction of sp³-hybridized carbons (Fsp3) is 0.100. The third-order valence-electron chi connectivity index (χ3n) is 4.24. The van der Waals surface area contributed by atoms with Crippen molar-refractivity contribution in [2.75, 3.05) is 0 Å². The van der Waals surface area contributed by atoms with E-state index in [0.717, 1.165) is 15.9 Å². The van der Waals surface area contributed by atoms with Gasteiger partial charge in [0, 0.05) is 0 Å². The second-order valence-electron chi connectivity index (χ2n) is 5.97. The Morgan fingerprint density at radius 2 is 0.957 bits per heavy atom. The molecule has 0 aliphatic heterocycles. The second-order valence-corrected chi connectivity index (χ2v) is 15.1. The van der Waals surface area contributed by atoms with Crippen LogP contribution in [0.5, 0.6) is 0 Å². The minimum absolute atomic E-state index is 0.979. The van der Waals surface area contributed by atoms with Gasteiger partial charge in [0.15, 0.2) is 0 Å². The van der Waals surface area contributed by atoms with Crippen LogP contribution >= 0.6 is 26.5 Å². The summed E-state index contributed by atoms with van der Waals surface area (Å²) in [5.74, 6) is 0. The van der Waals surface area contributed by atoms with E-state index < -0.39 is 4.47 Å². The maximum atomic E-state index is 12.2. The predicted octanol–water partition coefficient (Wildman–Crippen LogP) is 4.39. The van der Waals surface area contributed by atoms with Crippen LogP contribution in [0.2, 0.25) is 0 Å². The molecule has 3 aromatic carbocycles. The van der Waals surface area contributed by atoms with Crippen molar-refractivity contribution >= 4 is 42.4 Å². The fourth-order valence-electron chi connectivity index (χ4n) is 2.78. The first-order chi connectivity index (χ1) is 10.9. The second kappa shape index (κ2) is 6.01. The van der Waals surface area contributed by atoms with Gasteiger partial charge in [-0.1, -0.05) is 0 Å². The molecule has 0 radical (unpaired) electrons. The van der Waals surface area contributed by atoms with Crippen molar-refractivity contribution in [3.8, 4) is 0 Å². The van der Waals surface area contributed by atoms with E-state index in [4.69, 9.17) is 0 Å². The van der Waals surface area contributed by atoms with Gasteiger partial charge in [-0.25, -0.2) is 0 Å². The van der Waals surface area contributed by atoms with Crippen LogP contribution in [0.25, 0.3) is 0 Å². The number of hydrogen-bond acceptors (Lipinski definition) is 1. The summed E-state index contributed by atoms with van der Waals surface area (Å²) in [6, 6.07) is 26.6. The summed E-state index contributed by atoms with van der Waals surface area (Å²) in [6.07, 6.45) is 0. The number of aryl methyl sites for hydroxylation is 2. The van der Waals surface area contributed by atoms with E-state index >= 15 is 0 Å². The Morgan fingerprint density at radius 3 is 1.35 bits per heavy atom. The molecule has 0 saturated carbocycles. The Labute approximate surface area is 150 Å². The molecular formula is C20H20IOP. The summed E-state index contributed by atoms with van der Waals surface area (Å²) >= 11 is 2.32. The summed E-state index contributed by atoms with van der Waals surface area (Å²) in [6.45, 7) is 4.13. The zero-order valence-corrected chi connectivity index (χ0v) is 16.3. The SMILES string of the molecule is Cc1ccc(P(O)(I)(c2ccccc2)c2ccc(C)cc2)cc1. The topological polar surface area (TPSA) is 20.2 Å². The number of rotatable bonds is 3. The third-order valence-corrected chi connectivity index (χ3v) is 13.0. The molecule has 0 saturated heterocycles. The molecule has 0 heterocycles. The van der Waals surface area contributed by atoms with E-state index in [-0.39, 0.29) is 0 Å². The van der Waals surface area contributed by atoms with Gasteiger partial charge in [0.2, 0.25) is 0 Å². The molecule has 0 fully saturated rings. The van der Waals surface area contributed by atoms with Crippen LogP contribution in [0.4, 0.5) is 0 Å². The van der Waals surface area contributed by atoms with Crippen molar-refractivity contribution in [1.29, 1.82) is 0 Å². The van der Waals surface area contributed by atoms with E-state index in [1.54, 1.807) is 0 Å². The first-order valence-corrected chi connectivity index (χ1v) is 12.6. The van der Waals surface area contributed by atoms with Gasteiger partial charge in [-0.05, 0) is 0 Å². The van der Waals surface area contributed by atoms with Crippen LogP contribution in [0.15, 0.2) is 78.9 Å². The molecule has 118 valence electrons. The van der Waals surface area contributed by atoms with Crippen molar-refractivity contribution in [1.82, 2.24) is 0 Å². The van der Waals surface area contributed by atoms with Gasteiger partial charge in [0.25, 0.3) is 0 Å². The third kappa shape index (κ3) is 2.84. The van der Waals surface area contributed by atoms with Crippen LogP contribution < -0.4 is 15.9 Å². The van der Waals surface area contributed by atoms with Crippen LogP contribution in [-0.4, -0.2) is 4.89 Å². The Balaban J connectivity index is 2.33. The molecule has 3 aromatic rings. The van der Waals surface area contributed by atoms with E-state index in [1.807, 2.05) is 30.3 Å². The predicted molar refractivity (Wildman–Crippen MR) is 111 cm³/mol.